The van der Waals surface area contributed by atoms with Crippen LogP contribution in [0.4, 0.5) is 5.69 Å². The first-order valence-corrected chi connectivity index (χ1v) is 9.03. The van der Waals surface area contributed by atoms with Gasteiger partial charge in [-0.1, -0.05) is 6.92 Å². The van der Waals surface area contributed by atoms with Crippen molar-refractivity contribution in [1.29, 1.82) is 0 Å². The van der Waals surface area contributed by atoms with E-state index in [9.17, 15) is 5.11 Å². The van der Waals surface area contributed by atoms with Crippen LogP contribution in [0.2, 0.25) is 0 Å². The molecule has 1 unspecified atom stereocenters. The molecular formula is C20H26N4O2. The molecule has 0 saturated heterocycles. The van der Waals surface area contributed by atoms with Gasteiger partial charge in [0, 0.05) is 37.1 Å². The quantitative estimate of drug-likeness (QED) is 0.644. The highest BCUT2D eigenvalue weighted by Gasteiger charge is 2.14. The smallest absolute Gasteiger partial charge is 0.124 e. The highest BCUT2D eigenvalue weighted by Crippen LogP contribution is 2.31. The highest BCUT2D eigenvalue weighted by atomic mass is 16.5. The van der Waals surface area contributed by atoms with Crippen molar-refractivity contribution in [2.24, 2.45) is 0 Å². The van der Waals surface area contributed by atoms with Gasteiger partial charge in [-0.3, -0.25) is 4.98 Å². The Kier molecular flexibility index (Phi) is 5.73. The minimum Gasteiger partial charge on any atom is -0.488 e. The summed E-state index contributed by atoms with van der Waals surface area (Å²) in [6, 6.07) is 8.22. The molecule has 138 valence electrons. The zero-order chi connectivity index (χ0) is 18.5. The first-order valence-electron chi connectivity index (χ1n) is 9.03. The first-order chi connectivity index (χ1) is 12.6. The summed E-state index contributed by atoms with van der Waals surface area (Å²) in [5.74, 6) is 0.734. The predicted octanol–water partition coefficient (Wildman–Crippen LogP) is 3.77. The zero-order valence-electron chi connectivity index (χ0n) is 15.5. The Morgan fingerprint density at radius 3 is 2.65 bits per heavy atom. The van der Waals surface area contributed by atoms with E-state index in [4.69, 9.17) is 4.74 Å². The van der Waals surface area contributed by atoms with Gasteiger partial charge in [-0.2, -0.15) is 0 Å². The second-order valence-electron chi connectivity index (χ2n) is 6.62. The second-order valence-corrected chi connectivity index (χ2v) is 6.62. The molecule has 6 heteroatoms. The Morgan fingerprint density at radius 1 is 1.23 bits per heavy atom. The molecule has 0 spiro atoms. The number of hydrogen-bond acceptors (Lipinski definition) is 5. The van der Waals surface area contributed by atoms with Gasteiger partial charge < -0.3 is 19.7 Å². The van der Waals surface area contributed by atoms with Crippen LogP contribution < -0.4 is 10.1 Å². The van der Waals surface area contributed by atoms with Crippen molar-refractivity contribution < 1.29 is 9.84 Å². The number of aliphatic hydroxyl groups is 1. The maximum absolute atomic E-state index is 9.46. The molecule has 6 nitrogen and oxygen atoms in total. The van der Waals surface area contributed by atoms with Crippen molar-refractivity contribution in [3.05, 3.63) is 48.5 Å². The van der Waals surface area contributed by atoms with E-state index in [0.29, 0.717) is 12.6 Å². The van der Waals surface area contributed by atoms with Crippen molar-refractivity contribution >= 4 is 16.7 Å². The molecule has 1 atom stereocenters. The number of pyridine rings is 1. The van der Waals surface area contributed by atoms with Crippen LogP contribution in [0.5, 0.6) is 5.75 Å². The number of fused-ring (bicyclic) bond motifs is 1. The van der Waals surface area contributed by atoms with Gasteiger partial charge in [0.2, 0.25) is 0 Å². The van der Waals surface area contributed by atoms with E-state index in [1.54, 1.807) is 12.4 Å². The fraction of sp³-hybridized carbons (Fsp3) is 0.400. The maximum Gasteiger partial charge on any atom is 0.124 e. The fourth-order valence-electron chi connectivity index (χ4n) is 2.86. The minimum absolute atomic E-state index is 0.00223. The van der Waals surface area contributed by atoms with Crippen molar-refractivity contribution in [2.75, 3.05) is 11.9 Å². The van der Waals surface area contributed by atoms with Gasteiger partial charge in [-0.15, -0.1) is 0 Å². The maximum atomic E-state index is 9.46. The number of ether oxygens (including phenoxy) is 1. The monoisotopic (exact) mass is 354 g/mol. The molecule has 0 radical (unpaired) electrons. The Bertz CT molecular complexity index is 842. The van der Waals surface area contributed by atoms with E-state index in [2.05, 4.69) is 33.7 Å². The average molecular weight is 354 g/mol. The number of benzene rings is 1. The fourth-order valence-corrected chi connectivity index (χ4v) is 2.86. The van der Waals surface area contributed by atoms with Crippen LogP contribution in [-0.4, -0.2) is 32.4 Å². The molecule has 0 bridgehead atoms. The van der Waals surface area contributed by atoms with Crippen molar-refractivity contribution in [3.8, 4) is 5.75 Å². The molecular weight excluding hydrogens is 328 g/mol. The lowest BCUT2D eigenvalue weighted by molar-refractivity contribution is 0.113. The molecule has 0 fully saturated rings. The van der Waals surface area contributed by atoms with Gasteiger partial charge in [0.1, 0.15) is 17.4 Å². The van der Waals surface area contributed by atoms with Gasteiger partial charge in [0.25, 0.3) is 0 Å². The van der Waals surface area contributed by atoms with Crippen LogP contribution in [0.3, 0.4) is 0 Å². The van der Waals surface area contributed by atoms with E-state index >= 15 is 0 Å². The van der Waals surface area contributed by atoms with Crippen LogP contribution in [0, 0.1) is 0 Å². The van der Waals surface area contributed by atoms with Crippen LogP contribution in [0.15, 0.2) is 43.0 Å². The van der Waals surface area contributed by atoms with Gasteiger partial charge in [0.15, 0.2) is 0 Å². The van der Waals surface area contributed by atoms with Gasteiger partial charge in [0.05, 0.1) is 24.1 Å². The largest absolute Gasteiger partial charge is 0.488 e. The molecule has 1 aromatic carbocycles. The minimum atomic E-state index is -0.212. The third-order valence-electron chi connectivity index (χ3n) is 4.40. The molecule has 26 heavy (non-hydrogen) atoms. The number of nitrogens with zero attached hydrogens (tertiary/aromatic N) is 3. The van der Waals surface area contributed by atoms with Crippen molar-refractivity contribution in [1.82, 2.24) is 14.5 Å². The summed E-state index contributed by atoms with van der Waals surface area (Å²) in [5, 5.41) is 12.9. The Morgan fingerprint density at radius 2 is 2.00 bits per heavy atom. The predicted molar refractivity (Wildman–Crippen MR) is 103 cm³/mol. The number of aliphatic hydroxyl groups excluding tert-OH is 1. The third-order valence-corrected chi connectivity index (χ3v) is 4.40. The molecule has 0 aliphatic carbocycles. The number of nitrogens with one attached hydrogen (secondary N) is 1. The highest BCUT2D eigenvalue weighted by molar-refractivity contribution is 5.90. The lowest BCUT2D eigenvalue weighted by Crippen LogP contribution is -2.19. The van der Waals surface area contributed by atoms with E-state index in [-0.39, 0.29) is 12.7 Å². The molecule has 3 rings (SSSR count). The van der Waals surface area contributed by atoms with E-state index < -0.39 is 0 Å². The normalized spacial score (nSPS) is 12.5. The summed E-state index contributed by atoms with van der Waals surface area (Å²) in [6.45, 7) is 6.92. The first kappa shape index (κ1) is 18.2. The SMILES string of the molecule is CCC(CO)Oc1cc(NCc2ccncc2)c2ncn(C(C)C)c2c1. The van der Waals surface area contributed by atoms with Crippen LogP contribution in [0.25, 0.3) is 11.0 Å². The summed E-state index contributed by atoms with van der Waals surface area (Å²) >= 11 is 0. The van der Waals surface area contributed by atoms with Crippen LogP contribution in [-0.2, 0) is 6.54 Å². The lowest BCUT2D eigenvalue weighted by Gasteiger charge is -2.17. The summed E-state index contributed by atoms with van der Waals surface area (Å²) in [5.41, 5.74) is 3.99. The topological polar surface area (TPSA) is 72.2 Å². The van der Waals surface area contributed by atoms with Crippen molar-refractivity contribution in [3.63, 3.8) is 0 Å². The van der Waals surface area contributed by atoms with Crippen LogP contribution in [0.1, 0.15) is 38.8 Å². The van der Waals surface area contributed by atoms with Crippen LogP contribution >= 0.6 is 0 Å². The summed E-state index contributed by atoms with van der Waals surface area (Å²) in [6.07, 6.45) is 5.97. The average Bonchev–Trinajstić information content (AvgIpc) is 3.09. The number of rotatable bonds is 8. The number of hydrogen-bond donors (Lipinski definition) is 2. The summed E-state index contributed by atoms with van der Waals surface area (Å²) in [4.78, 5) is 8.65. The molecule has 2 heterocycles. The third kappa shape index (κ3) is 3.96. The second kappa shape index (κ2) is 8.19. The van der Waals surface area contributed by atoms with E-state index in [1.807, 2.05) is 37.5 Å². The zero-order valence-corrected chi connectivity index (χ0v) is 15.5. The molecule has 0 amide bonds. The summed E-state index contributed by atoms with van der Waals surface area (Å²) in [7, 11) is 0. The summed E-state index contributed by atoms with van der Waals surface area (Å²) < 4.78 is 8.10. The number of imidazole rings is 1. The Hall–Kier alpha value is -2.60. The molecule has 2 aromatic heterocycles. The molecule has 0 saturated carbocycles. The van der Waals surface area contributed by atoms with E-state index in [0.717, 1.165) is 34.5 Å². The Balaban J connectivity index is 1.96. The Labute approximate surface area is 153 Å². The number of anilines is 1. The molecule has 0 aliphatic rings. The lowest BCUT2D eigenvalue weighted by atomic mass is 10.2. The van der Waals surface area contributed by atoms with Crippen molar-refractivity contribution in [2.45, 2.75) is 45.9 Å². The standard InChI is InChI=1S/C20H26N4O2/c1-4-16(12-25)26-17-9-18(22-11-15-5-7-21-8-6-15)20-19(10-17)24(13-23-20)14(2)3/h5-10,13-14,16,22,25H,4,11-12H2,1-3H3. The van der Waals surface area contributed by atoms with Gasteiger partial charge in [-0.05, 0) is 38.0 Å². The molecule has 2 N–H and O–H groups in total. The van der Waals surface area contributed by atoms with Gasteiger partial charge >= 0.3 is 0 Å². The van der Waals surface area contributed by atoms with Gasteiger partial charge in [-0.25, -0.2) is 4.98 Å². The van der Waals surface area contributed by atoms with E-state index in [1.165, 1.54) is 0 Å². The number of aromatic nitrogens is 3. The molecule has 3 aromatic rings. The molecule has 0 aliphatic heterocycles.